The Bertz CT molecular complexity index is 427. The summed E-state index contributed by atoms with van der Waals surface area (Å²) < 4.78 is 1.06. The number of hydrogen-bond donors (Lipinski definition) is 2. The van der Waals surface area contributed by atoms with Gasteiger partial charge in [0.2, 0.25) is 0 Å². The van der Waals surface area contributed by atoms with Crippen LogP contribution in [0.15, 0.2) is 35.1 Å². The predicted octanol–water partition coefficient (Wildman–Crippen LogP) is 1.81. The van der Waals surface area contributed by atoms with Gasteiger partial charge in [-0.05, 0) is 24.1 Å². The van der Waals surface area contributed by atoms with Crippen molar-refractivity contribution in [2.75, 3.05) is 0 Å². The van der Waals surface area contributed by atoms with E-state index in [0.717, 1.165) is 16.7 Å². The highest BCUT2D eigenvalue weighted by Crippen LogP contribution is 2.16. The summed E-state index contributed by atoms with van der Waals surface area (Å²) in [6.07, 6.45) is 2.21. The quantitative estimate of drug-likeness (QED) is 0.891. The highest BCUT2D eigenvalue weighted by atomic mass is 79.9. The van der Waals surface area contributed by atoms with Crippen molar-refractivity contribution in [1.82, 2.24) is 15.2 Å². The van der Waals surface area contributed by atoms with Crippen molar-refractivity contribution < 1.29 is 0 Å². The van der Waals surface area contributed by atoms with Crippen LogP contribution in [0.1, 0.15) is 17.4 Å². The molecule has 2 rings (SSSR count). The molecule has 1 heterocycles. The number of aromatic nitrogens is 3. The molecule has 15 heavy (non-hydrogen) atoms. The third-order valence-electron chi connectivity index (χ3n) is 2.13. The van der Waals surface area contributed by atoms with E-state index in [2.05, 4.69) is 37.2 Å². The van der Waals surface area contributed by atoms with E-state index in [1.165, 1.54) is 11.9 Å². The molecule has 0 aliphatic carbocycles. The number of nitrogens with one attached hydrogen (secondary N) is 1. The molecule has 0 saturated heterocycles. The molecule has 3 N–H and O–H groups in total. The van der Waals surface area contributed by atoms with E-state index in [9.17, 15) is 0 Å². The number of aromatic amines is 1. The van der Waals surface area contributed by atoms with E-state index in [0.29, 0.717) is 0 Å². The van der Waals surface area contributed by atoms with Gasteiger partial charge in [0.25, 0.3) is 0 Å². The summed E-state index contributed by atoms with van der Waals surface area (Å²) >= 11 is 3.42. The number of hydrogen-bond acceptors (Lipinski definition) is 3. The van der Waals surface area contributed by atoms with Crippen molar-refractivity contribution >= 4 is 15.9 Å². The molecule has 5 heteroatoms. The standard InChI is InChI=1S/C10H11BrN4/c11-8-3-1-2-7(4-8)5-9(12)10-13-6-14-15-10/h1-4,6,9H,5,12H2,(H,13,14,15). The fourth-order valence-electron chi connectivity index (χ4n) is 1.41. The molecule has 4 nitrogen and oxygen atoms in total. The molecule has 1 unspecified atom stereocenters. The summed E-state index contributed by atoms with van der Waals surface area (Å²) in [4.78, 5) is 4.03. The Morgan fingerprint density at radius 1 is 1.47 bits per heavy atom. The van der Waals surface area contributed by atoms with Crippen LogP contribution in [0, 0.1) is 0 Å². The highest BCUT2D eigenvalue weighted by Gasteiger charge is 2.09. The van der Waals surface area contributed by atoms with Gasteiger partial charge in [0, 0.05) is 4.47 Å². The van der Waals surface area contributed by atoms with Crippen molar-refractivity contribution in [3.63, 3.8) is 0 Å². The molecule has 0 fully saturated rings. The smallest absolute Gasteiger partial charge is 0.141 e. The maximum atomic E-state index is 5.97. The summed E-state index contributed by atoms with van der Waals surface area (Å²) in [6.45, 7) is 0. The first kappa shape index (κ1) is 10.3. The van der Waals surface area contributed by atoms with Gasteiger partial charge in [0.1, 0.15) is 12.2 Å². The van der Waals surface area contributed by atoms with Gasteiger partial charge >= 0.3 is 0 Å². The molecule has 0 amide bonds. The molecular formula is C10H11BrN4. The van der Waals surface area contributed by atoms with E-state index in [4.69, 9.17) is 5.73 Å². The Labute approximate surface area is 96.0 Å². The van der Waals surface area contributed by atoms with Crippen molar-refractivity contribution in [2.24, 2.45) is 5.73 Å². The summed E-state index contributed by atoms with van der Waals surface area (Å²) in [5.41, 5.74) is 7.15. The van der Waals surface area contributed by atoms with Crippen molar-refractivity contribution in [3.8, 4) is 0 Å². The molecule has 0 aliphatic rings. The van der Waals surface area contributed by atoms with Crippen LogP contribution in [0.5, 0.6) is 0 Å². The summed E-state index contributed by atoms with van der Waals surface area (Å²) in [7, 11) is 0. The van der Waals surface area contributed by atoms with E-state index < -0.39 is 0 Å². The van der Waals surface area contributed by atoms with E-state index in [1.807, 2.05) is 18.2 Å². The molecule has 0 bridgehead atoms. The lowest BCUT2D eigenvalue weighted by molar-refractivity contribution is 0.671. The molecule has 0 saturated carbocycles. The number of benzene rings is 1. The van der Waals surface area contributed by atoms with Crippen LogP contribution < -0.4 is 5.73 Å². The molecule has 0 aliphatic heterocycles. The number of nitrogens with zero attached hydrogens (tertiary/aromatic N) is 2. The molecule has 78 valence electrons. The first-order valence-corrected chi connectivity index (χ1v) is 5.40. The van der Waals surface area contributed by atoms with Crippen molar-refractivity contribution in [1.29, 1.82) is 0 Å². The maximum Gasteiger partial charge on any atom is 0.141 e. The summed E-state index contributed by atoms with van der Waals surface area (Å²) in [5, 5.41) is 6.55. The zero-order valence-electron chi connectivity index (χ0n) is 8.02. The number of rotatable bonds is 3. The first-order chi connectivity index (χ1) is 7.25. The van der Waals surface area contributed by atoms with Crippen LogP contribution in [-0.4, -0.2) is 15.2 Å². The number of H-pyrrole nitrogens is 1. The third-order valence-corrected chi connectivity index (χ3v) is 2.62. The second-order valence-electron chi connectivity index (χ2n) is 3.31. The Kier molecular flexibility index (Phi) is 3.13. The van der Waals surface area contributed by atoms with Crippen LogP contribution in [0.25, 0.3) is 0 Å². The van der Waals surface area contributed by atoms with Crippen LogP contribution in [0.4, 0.5) is 0 Å². The number of halogens is 1. The van der Waals surface area contributed by atoms with E-state index >= 15 is 0 Å². The van der Waals surface area contributed by atoms with E-state index in [1.54, 1.807) is 0 Å². The van der Waals surface area contributed by atoms with Crippen molar-refractivity contribution in [2.45, 2.75) is 12.5 Å². The SMILES string of the molecule is NC(Cc1cccc(Br)c1)c1ncn[nH]1. The Morgan fingerprint density at radius 3 is 3.00 bits per heavy atom. The molecular weight excluding hydrogens is 256 g/mol. The summed E-state index contributed by atoms with van der Waals surface area (Å²) in [6, 6.07) is 7.94. The van der Waals surface area contributed by atoms with Gasteiger partial charge in [-0.3, -0.25) is 5.10 Å². The molecule has 0 spiro atoms. The molecule has 2 aromatic rings. The highest BCUT2D eigenvalue weighted by molar-refractivity contribution is 9.10. The zero-order chi connectivity index (χ0) is 10.7. The monoisotopic (exact) mass is 266 g/mol. The minimum atomic E-state index is -0.137. The van der Waals surface area contributed by atoms with Gasteiger partial charge < -0.3 is 5.73 Å². The minimum absolute atomic E-state index is 0.137. The lowest BCUT2D eigenvalue weighted by Gasteiger charge is -2.08. The predicted molar refractivity (Wildman–Crippen MR) is 61.2 cm³/mol. The van der Waals surface area contributed by atoms with Gasteiger partial charge in [-0.15, -0.1) is 0 Å². The zero-order valence-corrected chi connectivity index (χ0v) is 9.61. The van der Waals surface area contributed by atoms with Crippen LogP contribution in [-0.2, 0) is 6.42 Å². The topological polar surface area (TPSA) is 67.6 Å². The van der Waals surface area contributed by atoms with Gasteiger partial charge in [-0.2, -0.15) is 5.10 Å². The minimum Gasteiger partial charge on any atom is -0.321 e. The molecule has 1 aromatic carbocycles. The molecule has 0 radical (unpaired) electrons. The average molecular weight is 267 g/mol. The van der Waals surface area contributed by atoms with Gasteiger partial charge in [-0.25, -0.2) is 4.98 Å². The Morgan fingerprint density at radius 2 is 2.33 bits per heavy atom. The van der Waals surface area contributed by atoms with Crippen LogP contribution in [0.2, 0.25) is 0 Å². The van der Waals surface area contributed by atoms with Gasteiger partial charge in [0.05, 0.1) is 6.04 Å². The lowest BCUT2D eigenvalue weighted by atomic mass is 10.1. The van der Waals surface area contributed by atoms with Crippen LogP contribution in [0.3, 0.4) is 0 Å². The molecule has 1 aromatic heterocycles. The maximum absolute atomic E-state index is 5.97. The van der Waals surface area contributed by atoms with Gasteiger partial charge in [0.15, 0.2) is 0 Å². The second-order valence-corrected chi connectivity index (χ2v) is 4.23. The van der Waals surface area contributed by atoms with Crippen LogP contribution >= 0.6 is 15.9 Å². The number of nitrogens with two attached hydrogens (primary N) is 1. The molecule has 1 atom stereocenters. The van der Waals surface area contributed by atoms with Crippen molar-refractivity contribution in [3.05, 3.63) is 46.5 Å². The Hall–Kier alpha value is -1.20. The first-order valence-electron chi connectivity index (χ1n) is 4.61. The Balaban J connectivity index is 2.09. The lowest BCUT2D eigenvalue weighted by Crippen LogP contribution is -2.15. The largest absolute Gasteiger partial charge is 0.321 e. The second kappa shape index (κ2) is 4.55. The van der Waals surface area contributed by atoms with Gasteiger partial charge in [-0.1, -0.05) is 28.1 Å². The fraction of sp³-hybridized carbons (Fsp3) is 0.200. The third kappa shape index (κ3) is 2.64. The average Bonchev–Trinajstić information content (AvgIpc) is 2.70. The van der Waals surface area contributed by atoms with E-state index in [-0.39, 0.29) is 6.04 Å². The normalized spacial score (nSPS) is 12.7. The fourth-order valence-corrected chi connectivity index (χ4v) is 1.85. The summed E-state index contributed by atoms with van der Waals surface area (Å²) in [5.74, 6) is 0.718.